The minimum Gasteiger partial charge on any atom is -0.467 e. The summed E-state index contributed by atoms with van der Waals surface area (Å²) < 4.78 is 10.5. The van der Waals surface area contributed by atoms with Gasteiger partial charge in [-0.15, -0.1) is 0 Å². The molecular weight excluding hydrogens is 374 g/mol. The van der Waals surface area contributed by atoms with Crippen molar-refractivity contribution in [2.75, 3.05) is 20.3 Å². The molecule has 0 saturated heterocycles. The smallest absolute Gasteiger partial charge is 0.253 e. The second-order valence-electron chi connectivity index (χ2n) is 6.73. The van der Waals surface area contributed by atoms with Crippen molar-refractivity contribution in [2.45, 2.75) is 26.4 Å². The van der Waals surface area contributed by atoms with Crippen molar-refractivity contribution in [3.05, 3.63) is 69.9 Å². The summed E-state index contributed by atoms with van der Waals surface area (Å²) in [7, 11) is 1.68. The normalized spacial score (nSPS) is 10.9. The summed E-state index contributed by atoms with van der Waals surface area (Å²) in [6.45, 7) is 4.24. The van der Waals surface area contributed by atoms with Crippen molar-refractivity contribution in [1.82, 2.24) is 15.2 Å². The molecule has 2 aromatic heterocycles. The maximum atomic E-state index is 12.6. The molecule has 0 bridgehead atoms. The number of methoxy groups -OCH3 is 1. The van der Waals surface area contributed by atoms with Crippen LogP contribution in [0.1, 0.15) is 23.3 Å². The van der Waals surface area contributed by atoms with E-state index in [0.717, 1.165) is 28.6 Å². The standard InChI is InChI=1S/C21H25N3O3S/c1-15-6-7-16-12-17(20(25)23-19(16)11-15)13-24(14-18-5-3-10-27-18)21(28)22-8-4-9-26-2/h3,5-7,10-12H,4,8-9,13-14H2,1-2H3,(H,22,28)(H,23,25). The van der Waals surface area contributed by atoms with E-state index in [1.807, 2.05) is 48.2 Å². The van der Waals surface area contributed by atoms with E-state index in [0.29, 0.717) is 36.9 Å². The Morgan fingerprint density at radius 2 is 2.14 bits per heavy atom. The Morgan fingerprint density at radius 1 is 1.29 bits per heavy atom. The van der Waals surface area contributed by atoms with Gasteiger partial charge in [0.25, 0.3) is 5.56 Å². The van der Waals surface area contributed by atoms with Gasteiger partial charge in [-0.2, -0.15) is 0 Å². The van der Waals surface area contributed by atoms with Crippen molar-refractivity contribution in [1.29, 1.82) is 0 Å². The van der Waals surface area contributed by atoms with Crippen LogP contribution in [0.3, 0.4) is 0 Å². The number of nitrogens with one attached hydrogen (secondary N) is 2. The molecule has 6 nitrogen and oxygen atoms in total. The Balaban J connectivity index is 1.80. The minimum atomic E-state index is -0.107. The van der Waals surface area contributed by atoms with Gasteiger partial charge in [-0.25, -0.2) is 0 Å². The number of pyridine rings is 1. The summed E-state index contributed by atoms with van der Waals surface area (Å²) in [5.41, 5.74) is 2.50. The van der Waals surface area contributed by atoms with E-state index in [2.05, 4.69) is 10.3 Å². The fourth-order valence-electron chi connectivity index (χ4n) is 3.00. The summed E-state index contributed by atoms with van der Waals surface area (Å²) in [5.74, 6) is 0.786. The van der Waals surface area contributed by atoms with Crippen LogP contribution < -0.4 is 10.9 Å². The van der Waals surface area contributed by atoms with E-state index in [4.69, 9.17) is 21.4 Å². The number of aromatic amines is 1. The minimum absolute atomic E-state index is 0.107. The van der Waals surface area contributed by atoms with Gasteiger partial charge in [0.15, 0.2) is 5.11 Å². The van der Waals surface area contributed by atoms with E-state index >= 15 is 0 Å². The number of fused-ring (bicyclic) bond motifs is 1. The maximum Gasteiger partial charge on any atom is 0.253 e. The highest BCUT2D eigenvalue weighted by Gasteiger charge is 2.15. The lowest BCUT2D eigenvalue weighted by Gasteiger charge is -2.25. The van der Waals surface area contributed by atoms with E-state index in [-0.39, 0.29) is 5.56 Å². The maximum absolute atomic E-state index is 12.6. The molecule has 3 aromatic rings. The van der Waals surface area contributed by atoms with Crippen LogP contribution in [-0.2, 0) is 17.8 Å². The molecule has 0 saturated carbocycles. The molecule has 0 amide bonds. The molecular formula is C21H25N3O3S. The fourth-order valence-corrected chi connectivity index (χ4v) is 3.23. The van der Waals surface area contributed by atoms with E-state index < -0.39 is 0 Å². The second kappa shape index (κ2) is 9.52. The highest BCUT2D eigenvalue weighted by atomic mass is 32.1. The molecule has 2 heterocycles. The Kier molecular flexibility index (Phi) is 6.84. The SMILES string of the molecule is COCCCNC(=S)N(Cc1ccco1)Cc1cc2ccc(C)cc2[nH]c1=O. The van der Waals surface area contributed by atoms with Crippen molar-refractivity contribution in [3.63, 3.8) is 0 Å². The van der Waals surface area contributed by atoms with E-state index in [1.54, 1.807) is 13.4 Å². The highest BCUT2D eigenvalue weighted by Crippen LogP contribution is 2.15. The van der Waals surface area contributed by atoms with Crippen molar-refractivity contribution in [2.24, 2.45) is 0 Å². The third-order valence-corrected chi connectivity index (χ3v) is 4.86. The average Bonchev–Trinajstić information content (AvgIpc) is 3.18. The van der Waals surface area contributed by atoms with Crippen LogP contribution in [0.25, 0.3) is 10.9 Å². The molecule has 7 heteroatoms. The Hall–Kier alpha value is -2.64. The van der Waals surface area contributed by atoms with Gasteiger partial charge in [0.2, 0.25) is 0 Å². The molecule has 148 valence electrons. The molecule has 0 radical (unpaired) electrons. The molecule has 2 N–H and O–H groups in total. The molecule has 0 aliphatic rings. The number of nitrogens with zero attached hydrogens (tertiary/aromatic N) is 1. The van der Waals surface area contributed by atoms with Gasteiger partial charge < -0.3 is 24.4 Å². The lowest BCUT2D eigenvalue weighted by molar-refractivity contribution is 0.195. The lowest BCUT2D eigenvalue weighted by atomic mass is 10.1. The molecule has 3 rings (SSSR count). The molecule has 0 aliphatic carbocycles. The number of benzene rings is 1. The zero-order valence-electron chi connectivity index (χ0n) is 16.2. The summed E-state index contributed by atoms with van der Waals surface area (Å²) in [4.78, 5) is 17.5. The molecule has 28 heavy (non-hydrogen) atoms. The first-order valence-electron chi connectivity index (χ1n) is 9.23. The number of thiocarbonyl (C=S) groups is 1. The Bertz CT molecular complexity index is 982. The van der Waals surface area contributed by atoms with Gasteiger partial charge in [-0.05, 0) is 60.8 Å². The second-order valence-corrected chi connectivity index (χ2v) is 7.11. The largest absolute Gasteiger partial charge is 0.467 e. The number of hydrogen-bond acceptors (Lipinski definition) is 4. The fraction of sp³-hybridized carbons (Fsp3) is 0.333. The molecule has 0 fully saturated rings. The van der Waals surface area contributed by atoms with E-state index in [9.17, 15) is 4.79 Å². The number of ether oxygens (including phenoxy) is 1. The number of aromatic nitrogens is 1. The van der Waals surface area contributed by atoms with Gasteiger partial charge in [0.05, 0.1) is 19.4 Å². The molecule has 0 spiro atoms. The molecule has 1 aromatic carbocycles. The van der Waals surface area contributed by atoms with E-state index in [1.165, 1.54) is 0 Å². The van der Waals surface area contributed by atoms with Gasteiger partial charge in [0.1, 0.15) is 5.76 Å². The van der Waals surface area contributed by atoms with Gasteiger partial charge in [-0.3, -0.25) is 4.79 Å². The van der Waals surface area contributed by atoms with Crippen LogP contribution >= 0.6 is 12.2 Å². The van der Waals surface area contributed by atoms with Crippen LogP contribution in [0.5, 0.6) is 0 Å². The quantitative estimate of drug-likeness (QED) is 0.447. The zero-order chi connectivity index (χ0) is 19.9. The topological polar surface area (TPSA) is 70.5 Å². The Morgan fingerprint density at radius 3 is 2.89 bits per heavy atom. The average molecular weight is 400 g/mol. The first-order chi connectivity index (χ1) is 13.6. The van der Waals surface area contributed by atoms with Crippen LogP contribution in [0.4, 0.5) is 0 Å². The lowest BCUT2D eigenvalue weighted by Crippen LogP contribution is -2.40. The van der Waals surface area contributed by atoms with Gasteiger partial charge in [0, 0.05) is 31.3 Å². The first-order valence-corrected chi connectivity index (χ1v) is 9.64. The summed E-state index contributed by atoms with van der Waals surface area (Å²) in [6, 6.07) is 11.7. The predicted octanol–water partition coefficient (Wildman–Crippen LogP) is 3.34. The van der Waals surface area contributed by atoms with Crippen molar-refractivity contribution >= 4 is 28.2 Å². The van der Waals surface area contributed by atoms with Crippen LogP contribution in [0.15, 0.2) is 51.9 Å². The number of furan rings is 1. The third kappa shape index (κ3) is 5.21. The molecule has 0 unspecified atom stereocenters. The highest BCUT2D eigenvalue weighted by molar-refractivity contribution is 7.80. The van der Waals surface area contributed by atoms with Gasteiger partial charge in [-0.1, -0.05) is 12.1 Å². The van der Waals surface area contributed by atoms with Crippen molar-refractivity contribution in [3.8, 4) is 0 Å². The number of hydrogen-bond donors (Lipinski definition) is 2. The van der Waals surface area contributed by atoms with Crippen LogP contribution in [-0.4, -0.2) is 35.3 Å². The zero-order valence-corrected chi connectivity index (χ0v) is 17.0. The summed E-state index contributed by atoms with van der Waals surface area (Å²) >= 11 is 5.57. The first kappa shape index (κ1) is 20.1. The summed E-state index contributed by atoms with van der Waals surface area (Å²) in [5, 5.41) is 4.81. The Labute approximate surface area is 169 Å². The monoisotopic (exact) mass is 399 g/mol. The van der Waals surface area contributed by atoms with Crippen LogP contribution in [0.2, 0.25) is 0 Å². The van der Waals surface area contributed by atoms with Crippen LogP contribution in [0, 0.1) is 6.92 Å². The number of H-pyrrole nitrogens is 1. The predicted molar refractivity (Wildman–Crippen MR) is 114 cm³/mol. The van der Waals surface area contributed by atoms with Crippen molar-refractivity contribution < 1.29 is 9.15 Å². The number of rotatable bonds is 8. The third-order valence-electron chi connectivity index (χ3n) is 4.46. The molecule has 0 atom stereocenters. The number of aryl methyl sites for hydroxylation is 1. The summed E-state index contributed by atoms with van der Waals surface area (Å²) in [6.07, 6.45) is 2.48. The molecule has 0 aliphatic heterocycles. The van der Waals surface area contributed by atoms with Gasteiger partial charge >= 0.3 is 0 Å².